The van der Waals surface area contributed by atoms with Crippen LogP contribution in [0.5, 0.6) is 0 Å². The number of benzene rings is 2. The van der Waals surface area contributed by atoms with E-state index in [0.717, 1.165) is 63.4 Å². The fourth-order valence-electron chi connectivity index (χ4n) is 4.26. The summed E-state index contributed by atoms with van der Waals surface area (Å²) in [6.45, 7) is 5.74. The van der Waals surface area contributed by atoms with Gasteiger partial charge in [0.15, 0.2) is 0 Å². The van der Waals surface area contributed by atoms with Crippen molar-refractivity contribution in [3.8, 4) is 0 Å². The first-order chi connectivity index (χ1) is 15.1. The number of anilines is 1. The molecule has 0 unspecified atom stereocenters. The van der Waals surface area contributed by atoms with Crippen LogP contribution in [-0.4, -0.2) is 47.2 Å². The van der Waals surface area contributed by atoms with Crippen molar-refractivity contribution in [2.75, 3.05) is 37.6 Å². The fraction of sp³-hybridized carbons (Fsp3) is 0.417. The van der Waals surface area contributed by atoms with E-state index in [0.29, 0.717) is 17.4 Å². The highest BCUT2D eigenvalue weighted by atomic mass is 35.5. The average molecular weight is 441 g/mol. The molecule has 0 amide bonds. The standard InChI is InChI=1S/C24H29ClN4O2/c25-19-8-7-9-20(18-19)28-16-14-27(15-17-28)12-5-1-2-6-13-29-23(30)21-10-3-4-11-22(21)26-24(29)31/h3-4,7-11,18H,1-2,5-6,12-17H2,(H,26,31). The molecule has 3 aromatic rings. The summed E-state index contributed by atoms with van der Waals surface area (Å²) in [5.41, 5.74) is 1.29. The first kappa shape index (κ1) is 21.7. The van der Waals surface area contributed by atoms with Crippen LogP contribution in [0, 0.1) is 0 Å². The van der Waals surface area contributed by atoms with Crippen LogP contribution in [0.3, 0.4) is 0 Å². The highest BCUT2D eigenvalue weighted by Crippen LogP contribution is 2.21. The van der Waals surface area contributed by atoms with Gasteiger partial charge in [-0.1, -0.05) is 42.6 Å². The Hall–Kier alpha value is -2.57. The van der Waals surface area contributed by atoms with Gasteiger partial charge in [-0.25, -0.2) is 4.79 Å². The van der Waals surface area contributed by atoms with Gasteiger partial charge >= 0.3 is 5.69 Å². The molecule has 0 bridgehead atoms. The number of aromatic amines is 1. The summed E-state index contributed by atoms with van der Waals surface area (Å²) in [7, 11) is 0. The van der Waals surface area contributed by atoms with Crippen LogP contribution in [0.4, 0.5) is 5.69 Å². The number of hydrogen-bond donors (Lipinski definition) is 1. The van der Waals surface area contributed by atoms with Crippen molar-refractivity contribution in [2.24, 2.45) is 0 Å². The maximum absolute atomic E-state index is 12.5. The summed E-state index contributed by atoms with van der Waals surface area (Å²) in [5.74, 6) is 0. The Labute approximate surface area is 187 Å². The molecule has 0 radical (unpaired) electrons. The zero-order valence-electron chi connectivity index (χ0n) is 17.7. The van der Waals surface area contributed by atoms with Gasteiger partial charge in [0.05, 0.1) is 10.9 Å². The van der Waals surface area contributed by atoms with Crippen molar-refractivity contribution < 1.29 is 0 Å². The second kappa shape index (κ2) is 10.2. The minimum atomic E-state index is -0.318. The van der Waals surface area contributed by atoms with Gasteiger partial charge in [0.25, 0.3) is 5.56 Å². The summed E-state index contributed by atoms with van der Waals surface area (Å²) in [6.07, 6.45) is 4.10. The fourth-order valence-corrected chi connectivity index (χ4v) is 4.45. The van der Waals surface area contributed by atoms with E-state index in [1.807, 2.05) is 30.3 Å². The van der Waals surface area contributed by atoms with Crippen molar-refractivity contribution in [3.05, 3.63) is 74.4 Å². The molecule has 1 fully saturated rings. The molecule has 1 aromatic heterocycles. The van der Waals surface area contributed by atoms with Gasteiger partial charge in [-0.3, -0.25) is 14.3 Å². The molecular formula is C24H29ClN4O2. The summed E-state index contributed by atoms with van der Waals surface area (Å²) in [5, 5.41) is 1.35. The molecule has 2 aromatic carbocycles. The maximum atomic E-state index is 12.5. The van der Waals surface area contributed by atoms with Crippen LogP contribution in [0.1, 0.15) is 25.7 Å². The van der Waals surface area contributed by atoms with Gasteiger partial charge in [0, 0.05) is 43.4 Å². The largest absolute Gasteiger partial charge is 0.369 e. The van der Waals surface area contributed by atoms with Crippen molar-refractivity contribution in [2.45, 2.75) is 32.2 Å². The summed E-state index contributed by atoms with van der Waals surface area (Å²) in [4.78, 5) is 32.5. The zero-order chi connectivity index (χ0) is 21.6. The van der Waals surface area contributed by atoms with Crippen molar-refractivity contribution in [3.63, 3.8) is 0 Å². The minimum absolute atomic E-state index is 0.197. The topological polar surface area (TPSA) is 61.3 Å². The van der Waals surface area contributed by atoms with E-state index in [9.17, 15) is 9.59 Å². The van der Waals surface area contributed by atoms with Gasteiger partial charge in [0.2, 0.25) is 0 Å². The average Bonchev–Trinajstić information content (AvgIpc) is 2.78. The number of halogens is 1. The third kappa shape index (κ3) is 5.38. The van der Waals surface area contributed by atoms with Crippen LogP contribution in [0.25, 0.3) is 10.9 Å². The lowest BCUT2D eigenvalue weighted by atomic mass is 10.1. The molecule has 1 aliphatic rings. The Morgan fingerprint density at radius 3 is 2.35 bits per heavy atom. The SMILES string of the molecule is O=c1[nH]c2ccccc2c(=O)n1CCCCCCN1CCN(c2cccc(Cl)c2)CC1. The first-order valence-electron chi connectivity index (χ1n) is 11.1. The second-order valence-electron chi connectivity index (χ2n) is 8.16. The molecule has 6 nitrogen and oxygen atoms in total. The predicted octanol–water partition coefficient (Wildman–Crippen LogP) is 3.73. The van der Waals surface area contributed by atoms with Crippen LogP contribution < -0.4 is 16.1 Å². The van der Waals surface area contributed by atoms with E-state index in [-0.39, 0.29) is 11.2 Å². The molecule has 1 aliphatic heterocycles. The highest BCUT2D eigenvalue weighted by molar-refractivity contribution is 6.30. The number of aromatic nitrogens is 2. The number of hydrogen-bond acceptors (Lipinski definition) is 4. The predicted molar refractivity (Wildman–Crippen MR) is 127 cm³/mol. The monoisotopic (exact) mass is 440 g/mol. The van der Waals surface area contributed by atoms with Gasteiger partial charge < -0.3 is 9.88 Å². The first-order valence-corrected chi connectivity index (χ1v) is 11.4. The van der Waals surface area contributed by atoms with E-state index in [1.165, 1.54) is 10.3 Å². The Bertz CT molecular complexity index is 1130. The second-order valence-corrected chi connectivity index (χ2v) is 8.59. The summed E-state index contributed by atoms with van der Waals surface area (Å²) in [6, 6.07) is 15.2. The normalized spacial score (nSPS) is 14.9. The number of nitrogens with zero attached hydrogens (tertiary/aromatic N) is 3. The summed E-state index contributed by atoms with van der Waals surface area (Å²) < 4.78 is 1.33. The molecule has 7 heteroatoms. The quantitative estimate of drug-likeness (QED) is 0.542. The van der Waals surface area contributed by atoms with Gasteiger partial charge in [-0.15, -0.1) is 0 Å². The Morgan fingerprint density at radius 2 is 1.58 bits per heavy atom. The molecule has 0 spiro atoms. The number of para-hydroxylation sites is 1. The molecule has 0 saturated carbocycles. The van der Waals surface area contributed by atoms with Crippen LogP contribution in [-0.2, 0) is 6.54 Å². The van der Waals surface area contributed by atoms with Crippen LogP contribution in [0.2, 0.25) is 5.02 Å². The molecule has 1 saturated heterocycles. The van der Waals surface area contributed by atoms with Crippen LogP contribution >= 0.6 is 11.6 Å². The summed E-state index contributed by atoms with van der Waals surface area (Å²) >= 11 is 6.11. The molecular weight excluding hydrogens is 412 g/mol. The van der Waals surface area contributed by atoms with E-state index in [1.54, 1.807) is 12.1 Å². The van der Waals surface area contributed by atoms with E-state index in [4.69, 9.17) is 11.6 Å². The number of unbranched alkanes of at least 4 members (excludes halogenated alkanes) is 3. The Kier molecular flexibility index (Phi) is 7.10. The molecule has 2 heterocycles. The lowest BCUT2D eigenvalue weighted by molar-refractivity contribution is 0.251. The highest BCUT2D eigenvalue weighted by Gasteiger charge is 2.16. The Morgan fingerprint density at radius 1 is 0.839 bits per heavy atom. The van der Waals surface area contributed by atoms with Crippen molar-refractivity contribution in [1.29, 1.82) is 0 Å². The Balaban J connectivity index is 1.17. The van der Waals surface area contributed by atoms with E-state index >= 15 is 0 Å². The molecule has 1 N–H and O–H groups in total. The van der Waals surface area contributed by atoms with Crippen molar-refractivity contribution >= 4 is 28.2 Å². The van der Waals surface area contributed by atoms with Gasteiger partial charge in [-0.2, -0.15) is 0 Å². The third-order valence-corrected chi connectivity index (χ3v) is 6.28. The molecule has 31 heavy (non-hydrogen) atoms. The number of fused-ring (bicyclic) bond motifs is 1. The van der Waals surface area contributed by atoms with Gasteiger partial charge in [-0.05, 0) is 49.7 Å². The smallest absolute Gasteiger partial charge is 0.328 e. The molecule has 164 valence electrons. The van der Waals surface area contributed by atoms with Crippen LogP contribution in [0.15, 0.2) is 58.1 Å². The minimum Gasteiger partial charge on any atom is -0.369 e. The van der Waals surface area contributed by atoms with Crippen molar-refractivity contribution in [1.82, 2.24) is 14.5 Å². The third-order valence-electron chi connectivity index (χ3n) is 6.04. The van der Waals surface area contributed by atoms with Gasteiger partial charge in [0.1, 0.15) is 0 Å². The molecule has 4 rings (SSSR count). The number of piperazine rings is 1. The number of nitrogens with one attached hydrogen (secondary N) is 1. The number of H-pyrrole nitrogens is 1. The zero-order valence-corrected chi connectivity index (χ0v) is 18.5. The molecule has 0 atom stereocenters. The maximum Gasteiger partial charge on any atom is 0.328 e. The molecule has 0 aliphatic carbocycles. The lowest BCUT2D eigenvalue weighted by Crippen LogP contribution is -2.46. The lowest BCUT2D eigenvalue weighted by Gasteiger charge is -2.36. The number of rotatable bonds is 8. The van der Waals surface area contributed by atoms with E-state index < -0.39 is 0 Å². The van der Waals surface area contributed by atoms with E-state index in [2.05, 4.69) is 20.9 Å².